The van der Waals surface area contributed by atoms with Crippen molar-refractivity contribution in [2.45, 2.75) is 40.0 Å². The average Bonchev–Trinajstić information content (AvgIpc) is 2.96. The smallest absolute Gasteiger partial charge is 0.250 e. The number of benzene rings is 1. The van der Waals surface area contributed by atoms with Crippen LogP contribution in [0, 0.1) is 6.92 Å². The second kappa shape index (κ2) is 6.41. The van der Waals surface area contributed by atoms with E-state index in [1.54, 1.807) is 6.92 Å². The first-order valence-electron chi connectivity index (χ1n) is 8.52. The summed E-state index contributed by atoms with van der Waals surface area (Å²) in [7, 11) is 0. The predicted molar refractivity (Wildman–Crippen MR) is 104 cm³/mol. The van der Waals surface area contributed by atoms with Crippen molar-refractivity contribution in [1.29, 1.82) is 0 Å². The molecule has 1 N–H and O–H groups in total. The third-order valence-electron chi connectivity index (χ3n) is 4.20. The molecule has 5 heteroatoms. The molecule has 0 spiro atoms. The van der Waals surface area contributed by atoms with Crippen LogP contribution in [0.3, 0.4) is 0 Å². The molecule has 0 atom stereocenters. The van der Waals surface area contributed by atoms with Crippen molar-refractivity contribution in [2.75, 3.05) is 5.32 Å². The molecule has 3 rings (SSSR count). The molecule has 0 radical (unpaired) electrons. The molecule has 0 fully saturated rings. The summed E-state index contributed by atoms with van der Waals surface area (Å²) in [5.74, 6) is 0.542. The van der Waals surface area contributed by atoms with E-state index >= 15 is 0 Å². The summed E-state index contributed by atoms with van der Waals surface area (Å²) >= 11 is 0. The first-order valence-corrected chi connectivity index (χ1v) is 8.52. The number of carbonyl (C=O) groups is 1. The van der Waals surface area contributed by atoms with Crippen LogP contribution in [0.1, 0.15) is 39.1 Å². The number of hydrogen-bond acceptors (Lipinski definition) is 4. The highest BCUT2D eigenvalue weighted by Crippen LogP contribution is 2.35. The zero-order valence-electron chi connectivity index (χ0n) is 15.8. The van der Waals surface area contributed by atoms with Crippen LogP contribution in [0.25, 0.3) is 22.2 Å². The summed E-state index contributed by atoms with van der Waals surface area (Å²) in [5.41, 5.74) is 4.44. The van der Waals surface area contributed by atoms with Gasteiger partial charge in [-0.3, -0.25) is 4.79 Å². The fourth-order valence-corrected chi connectivity index (χ4v) is 2.82. The van der Waals surface area contributed by atoms with Gasteiger partial charge in [0.2, 0.25) is 0 Å². The van der Waals surface area contributed by atoms with Crippen molar-refractivity contribution in [2.24, 2.45) is 0 Å². The minimum Gasteiger partial charge on any atom is -0.361 e. The minimum atomic E-state index is -0.202. The number of carbonyl (C=O) groups excluding carboxylic acids is 1. The van der Waals surface area contributed by atoms with Crippen LogP contribution in [0.5, 0.6) is 0 Å². The number of pyridine rings is 1. The molecular formula is C21H23N3O2. The quantitative estimate of drug-likeness (QED) is 0.675. The van der Waals surface area contributed by atoms with E-state index in [1.807, 2.05) is 37.3 Å². The maximum atomic E-state index is 12.0. The van der Waals surface area contributed by atoms with Crippen LogP contribution in [0.2, 0.25) is 0 Å². The fourth-order valence-electron chi connectivity index (χ4n) is 2.82. The van der Waals surface area contributed by atoms with E-state index in [0.29, 0.717) is 11.3 Å². The topological polar surface area (TPSA) is 68.0 Å². The van der Waals surface area contributed by atoms with Gasteiger partial charge in [-0.2, -0.15) is 0 Å². The Kier molecular flexibility index (Phi) is 4.40. The number of fused-ring (bicyclic) bond motifs is 1. The van der Waals surface area contributed by atoms with Crippen LogP contribution in [0.4, 0.5) is 5.69 Å². The molecule has 0 aliphatic carbocycles. The normalized spacial score (nSPS) is 11.6. The third-order valence-corrected chi connectivity index (χ3v) is 4.20. The minimum absolute atomic E-state index is 0.152. The Bertz CT molecular complexity index is 1010. The van der Waals surface area contributed by atoms with Gasteiger partial charge in [0.05, 0.1) is 28.2 Å². The Morgan fingerprint density at radius 1 is 1.19 bits per heavy atom. The van der Waals surface area contributed by atoms with Gasteiger partial charge in [0.25, 0.3) is 5.91 Å². The van der Waals surface area contributed by atoms with Gasteiger partial charge in [0, 0.05) is 16.4 Å². The third kappa shape index (κ3) is 3.25. The molecule has 134 valence electrons. The maximum absolute atomic E-state index is 12.0. The van der Waals surface area contributed by atoms with Gasteiger partial charge < -0.3 is 9.84 Å². The average molecular weight is 349 g/mol. The lowest BCUT2D eigenvalue weighted by molar-refractivity contribution is -0.112. The number of rotatable bonds is 3. The zero-order valence-corrected chi connectivity index (χ0v) is 15.8. The van der Waals surface area contributed by atoms with E-state index in [-0.39, 0.29) is 11.3 Å². The number of nitrogens with zero attached hydrogens (tertiary/aromatic N) is 2. The Morgan fingerprint density at radius 2 is 1.92 bits per heavy atom. The lowest BCUT2D eigenvalue weighted by Crippen LogP contribution is -2.13. The second-order valence-electron chi connectivity index (χ2n) is 7.52. The number of nitrogens with one attached hydrogen (secondary N) is 1. The van der Waals surface area contributed by atoms with Crippen molar-refractivity contribution in [3.8, 4) is 11.3 Å². The highest BCUT2D eigenvalue weighted by atomic mass is 16.5. The fraction of sp³-hybridized carbons (Fsp3) is 0.286. The highest BCUT2D eigenvalue weighted by molar-refractivity contribution is 6.07. The Hall–Kier alpha value is -2.95. The van der Waals surface area contributed by atoms with Crippen LogP contribution in [-0.2, 0) is 10.2 Å². The summed E-state index contributed by atoms with van der Waals surface area (Å²) in [6, 6.07) is 9.56. The van der Waals surface area contributed by atoms with Gasteiger partial charge in [-0.15, -0.1) is 0 Å². The number of aromatic nitrogens is 2. The molecule has 2 heterocycles. The van der Waals surface area contributed by atoms with E-state index < -0.39 is 0 Å². The highest BCUT2D eigenvalue weighted by Gasteiger charge is 2.26. The Labute approximate surface area is 153 Å². The molecule has 2 aromatic heterocycles. The number of hydrogen-bond donors (Lipinski definition) is 1. The molecule has 3 aromatic rings. The van der Waals surface area contributed by atoms with Gasteiger partial charge in [0.15, 0.2) is 0 Å². The molecule has 1 aromatic carbocycles. The lowest BCUT2D eigenvalue weighted by atomic mass is 9.87. The number of anilines is 1. The van der Waals surface area contributed by atoms with Crippen molar-refractivity contribution in [1.82, 2.24) is 10.1 Å². The first-order chi connectivity index (χ1) is 12.2. The standard InChI is InChI=1S/C21H23N3O2/c1-12(2)20(25)23-16-9-7-8-15-14(16)10-11-17(22-15)18-13(3)26-24-19(18)21(4,5)6/h7-11H,1H2,2-6H3,(H,23,25). The van der Waals surface area contributed by atoms with Crippen molar-refractivity contribution >= 4 is 22.5 Å². The maximum Gasteiger partial charge on any atom is 0.250 e. The summed E-state index contributed by atoms with van der Waals surface area (Å²) < 4.78 is 5.43. The first kappa shape index (κ1) is 17.9. The molecule has 5 nitrogen and oxygen atoms in total. The van der Waals surface area contributed by atoms with Gasteiger partial charge in [0.1, 0.15) is 5.76 Å². The lowest BCUT2D eigenvalue weighted by Gasteiger charge is -2.16. The van der Waals surface area contributed by atoms with E-state index in [4.69, 9.17) is 9.51 Å². The van der Waals surface area contributed by atoms with Gasteiger partial charge in [-0.25, -0.2) is 4.98 Å². The zero-order chi connectivity index (χ0) is 19.1. The molecular weight excluding hydrogens is 326 g/mol. The van der Waals surface area contributed by atoms with E-state index in [2.05, 4.69) is 37.8 Å². The van der Waals surface area contributed by atoms with Crippen LogP contribution in [0.15, 0.2) is 47.0 Å². The summed E-state index contributed by atoms with van der Waals surface area (Å²) in [4.78, 5) is 16.7. The Balaban J connectivity index is 2.11. The van der Waals surface area contributed by atoms with Crippen LogP contribution < -0.4 is 5.32 Å². The predicted octanol–water partition coefficient (Wildman–Crippen LogP) is 5.01. The van der Waals surface area contributed by atoms with Crippen LogP contribution >= 0.6 is 0 Å². The van der Waals surface area contributed by atoms with Crippen LogP contribution in [-0.4, -0.2) is 16.0 Å². The largest absolute Gasteiger partial charge is 0.361 e. The van der Waals surface area contributed by atoms with Crippen molar-refractivity contribution in [3.05, 3.63) is 53.9 Å². The van der Waals surface area contributed by atoms with Gasteiger partial charge >= 0.3 is 0 Å². The number of amides is 1. The molecule has 0 saturated heterocycles. The molecule has 0 saturated carbocycles. The molecule has 0 unspecified atom stereocenters. The van der Waals surface area contributed by atoms with E-state index in [1.165, 1.54) is 0 Å². The van der Waals surface area contributed by atoms with Gasteiger partial charge in [-0.1, -0.05) is 38.6 Å². The second-order valence-corrected chi connectivity index (χ2v) is 7.52. The summed E-state index contributed by atoms with van der Waals surface area (Å²) in [6.45, 7) is 13.5. The monoisotopic (exact) mass is 349 g/mol. The molecule has 26 heavy (non-hydrogen) atoms. The molecule has 1 amide bonds. The molecule has 0 aliphatic rings. The number of aryl methyl sites for hydroxylation is 1. The summed E-state index contributed by atoms with van der Waals surface area (Å²) in [6.07, 6.45) is 0. The SMILES string of the molecule is C=C(C)C(=O)Nc1cccc2nc(-c3c(C(C)(C)C)noc3C)ccc12. The van der Waals surface area contributed by atoms with Crippen molar-refractivity contribution < 1.29 is 9.32 Å². The Morgan fingerprint density at radius 3 is 2.58 bits per heavy atom. The van der Waals surface area contributed by atoms with E-state index in [0.717, 1.165) is 33.6 Å². The van der Waals surface area contributed by atoms with E-state index in [9.17, 15) is 4.79 Å². The van der Waals surface area contributed by atoms with Gasteiger partial charge in [-0.05, 0) is 38.1 Å². The molecule has 0 bridgehead atoms. The summed E-state index contributed by atoms with van der Waals surface area (Å²) in [5, 5.41) is 7.99. The van der Waals surface area contributed by atoms with Crippen molar-refractivity contribution in [3.63, 3.8) is 0 Å². The molecule has 0 aliphatic heterocycles.